The van der Waals surface area contributed by atoms with Crippen LogP contribution < -0.4 is 0 Å². The summed E-state index contributed by atoms with van der Waals surface area (Å²) in [5, 5.41) is 0. The maximum atomic E-state index is 9.84. The van der Waals surface area contributed by atoms with Crippen molar-refractivity contribution in [2.24, 2.45) is 0 Å². The van der Waals surface area contributed by atoms with Crippen molar-refractivity contribution >= 4 is 12.6 Å². The first kappa shape index (κ1) is 6.42. The van der Waals surface area contributed by atoms with E-state index in [4.69, 9.17) is 4.74 Å². The zero-order valence-corrected chi connectivity index (χ0v) is 4.95. The lowest BCUT2D eigenvalue weighted by Gasteiger charge is -1.77. The molecule has 2 unspecified atom stereocenters. The molecule has 0 spiro atoms. The molecule has 1 heterocycles. The summed E-state index contributed by atoms with van der Waals surface area (Å²) in [5.41, 5.74) is 0. The average molecular weight is 128 g/mol. The second-order valence-corrected chi connectivity index (χ2v) is 2.02. The van der Waals surface area contributed by atoms with E-state index in [9.17, 15) is 9.59 Å². The van der Waals surface area contributed by atoms with Crippen LogP contribution >= 0.6 is 0 Å². The van der Waals surface area contributed by atoms with Gasteiger partial charge in [0.2, 0.25) is 0 Å². The molecule has 1 aliphatic heterocycles. The van der Waals surface area contributed by atoms with E-state index in [0.717, 1.165) is 12.6 Å². The number of hydrogen-bond donors (Lipinski definition) is 0. The van der Waals surface area contributed by atoms with Gasteiger partial charge in [0.25, 0.3) is 0 Å². The van der Waals surface area contributed by atoms with Crippen molar-refractivity contribution < 1.29 is 14.3 Å². The quantitative estimate of drug-likeness (QED) is 0.393. The van der Waals surface area contributed by atoms with Crippen LogP contribution in [0.5, 0.6) is 0 Å². The molecule has 0 aromatic heterocycles. The molecule has 0 amide bonds. The molecule has 1 saturated heterocycles. The first-order valence-corrected chi connectivity index (χ1v) is 2.91. The number of carbonyl (C=O) groups is 2. The minimum Gasteiger partial charge on any atom is -0.369 e. The summed E-state index contributed by atoms with van der Waals surface area (Å²) in [7, 11) is 0. The lowest BCUT2D eigenvalue weighted by molar-refractivity contribution is -0.109. The highest BCUT2D eigenvalue weighted by atomic mass is 16.6. The predicted molar refractivity (Wildman–Crippen MR) is 30.0 cm³/mol. The van der Waals surface area contributed by atoms with Gasteiger partial charge < -0.3 is 14.3 Å². The van der Waals surface area contributed by atoms with Crippen molar-refractivity contribution in [3.8, 4) is 0 Å². The van der Waals surface area contributed by atoms with Gasteiger partial charge in [-0.2, -0.15) is 0 Å². The summed E-state index contributed by atoms with van der Waals surface area (Å²) in [6, 6.07) is 0. The molecule has 1 rings (SSSR count). The molecule has 50 valence electrons. The summed E-state index contributed by atoms with van der Waals surface area (Å²) < 4.78 is 4.94. The van der Waals surface area contributed by atoms with Crippen LogP contribution in [0, 0.1) is 0 Å². The molecule has 0 aliphatic carbocycles. The number of aldehydes is 2. The lowest BCUT2D eigenvalue weighted by atomic mass is 10.2. The van der Waals surface area contributed by atoms with E-state index in [1.165, 1.54) is 0 Å². The molecular weight excluding hydrogens is 120 g/mol. The third-order valence-corrected chi connectivity index (χ3v) is 1.34. The number of carbonyl (C=O) groups excluding carboxylic acids is 2. The Morgan fingerprint density at radius 2 is 1.56 bits per heavy atom. The van der Waals surface area contributed by atoms with E-state index in [1.54, 1.807) is 0 Å². The molecule has 1 fully saturated rings. The standard InChI is InChI=1S/C6H8O3/c7-3-1-5-6(9-5)2-4-8/h3-6H,1-2H2. The van der Waals surface area contributed by atoms with E-state index >= 15 is 0 Å². The van der Waals surface area contributed by atoms with E-state index in [0.29, 0.717) is 12.8 Å². The highest BCUT2D eigenvalue weighted by Crippen LogP contribution is 2.26. The molecule has 2 atom stereocenters. The van der Waals surface area contributed by atoms with Gasteiger partial charge in [0, 0.05) is 12.8 Å². The van der Waals surface area contributed by atoms with Crippen molar-refractivity contribution in [3.63, 3.8) is 0 Å². The van der Waals surface area contributed by atoms with Gasteiger partial charge in [-0.1, -0.05) is 0 Å². The second kappa shape index (κ2) is 2.73. The molecule has 0 aromatic rings. The van der Waals surface area contributed by atoms with E-state index < -0.39 is 0 Å². The van der Waals surface area contributed by atoms with Gasteiger partial charge in [0.1, 0.15) is 12.6 Å². The molecule has 1 aliphatic rings. The zero-order valence-electron chi connectivity index (χ0n) is 4.95. The third-order valence-electron chi connectivity index (χ3n) is 1.34. The van der Waals surface area contributed by atoms with E-state index in [-0.39, 0.29) is 12.2 Å². The third kappa shape index (κ3) is 1.61. The molecule has 0 bridgehead atoms. The van der Waals surface area contributed by atoms with Gasteiger partial charge in [-0.15, -0.1) is 0 Å². The first-order chi connectivity index (χ1) is 4.38. The number of epoxide rings is 1. The van der Waals surface area contributed by atoms with Crippen LogP contribution in [0.4, 0.5) is 0 Å². The highest BCUT2D eigenvalue weighted by molar-refractivity contribution is 5.54. The SMILES string of the molecule is O=CCC1OC1CC=O. The molecule has 0 saturated carbocycles. The number of rotatable bonds is 4. The van der Waals surface area contributed by atoms with Crippen molar-refractivity contribution in [2.45, 2.75) is 25.0 Å². The fraction of sp³-hybridized carbons (Fsp3) is 0.667. The Morgan fingerprint density at radius 3 is 1.89 bits per heavy atom. The van der Waals surface area contributed by atoms with Gasteiger partial charge in [-0.3, -0.25) is 0 Å². The summed E-state index contributed by atoms with van der Waals surface area (Å²) in [4.78, 5) is 19.7. The fourth-order valence-electron chi connectivity index (χ4n) is 0.784. The van der Waals surface area contributed by atoms with E-state index in [1.807, 2.05) is 0 Å². The van der Waals surface area contributed by atoms with Gasteiger partial charge in [-0.05, 0) is 0 Å². The molecule has 9 heavy (non-hydrogen) atoms. The Bertz CT molecular complexity index is 107. The van der Waals surface area contributed by atoms with Gasteiger partial charge >= 0.3 is 0 Å². The minimum atomic E-state index is 0.0349. The Morgan fingerprint density at radius 1 is 1.11 bits per heavy atom. The molecule has 0 N–H and O–H groups in total. The van der Waals surface area contributed by atoms with Crippen LogP contribution in [0.3, 0.4) is 0 Å². The Kier molecular flexibility index (Phi) is 1.95. The van der Waals surface area contributed by atoms with Crippen LogP contribution in [-0.4, -0.2) is 24.8 Å². The van der Waals surface area contributed by atoms with E-state index in [2.05, 4.69) is 0 Å². The smallest absolute Gasteiger partial charge is 0.122 e. The first-order valence-electron chi connectivity index (χ1n) is 2.91. The van der Waals surface area contributed by atoms with Crippen molar-refractivity contribution in [2.75, 3.05) is 0 Å². The fourth-order valence-corrected chi connectivity index (χ4v) is 0.784. The molecule has 0 aromatic carbocycles. The van der Waals surface area contributed by atoms with Crippen LogP contribution in [0.2, 0.25) is 0 Å². The van der Waals surface area contributed by atoms with Crippen molar-refractivity contribution in [1.29, 1.82) is 0 Å². The maximum absolute atomic E-state index is 9.84. The minimum absolute atomic E-state index is 0.0349. The summed E-state index contributed by atoms with van der Waals surface area (Å²) in [6.07, 6.45) is 2.56. The van der Waals surface area contributed by atoms with Crippen LogP contribution in [-0.2, 0) is 14.3 Å². The van der Waals surface area contributed by atoms with Crippen LogP contribution in [0.25, 0.3) is 0 Å². The zero-order chi connectivity index (χ0) is 6.69. The van der Waals surface area contributed by atoms with Gasteiger partial charge in [0.05, 0.1) is 12.2 Å². The van der Waals surface area contributed by atoms with Gasteiger partial charge in [-0.25, -0.2) is 0 Å². The maximum Gasteiger partial charge on any atom is 0.122 e. The van der Waals surface area contributed by atoms with Crippen molar-refractivity contribution in [3.05, 3.63) is 0 Å². The number of hydrogen-bond acceptors (Lipinski definition) is 3. The number of ether oxygens (including phenoxy) is 1. The monoisotopic (exact) mass is 128 g/mol. The largest absolute Gasteiger partial charge is 0.369 e. The highest BCUT2D eigenvalue weighted by Gasteiger charge is 2.37. The van der Waals surface area contributed by atoms with Gasteiger partial charge in [0.15, 0.2) is 0 Å². The second-order valence-electron chi connectivity index (χ2n) is 2.02. The molecular formula is C6H8O3. The normalized spacial score (nSPS) is 31.6. The summed E-state index contributed by atoms with van der Waals surface area (Å²) >= 11 is 0. The Labute approximate surface area is 53.0 Å². The lowest BCUT2D eigenvalue weighted by Crippen LogP contribution is -1.94. The molecule has 0 radical (unpaired) electrons. The summed E-state index contributed by atoms with van der Waals surface area (Å²) in [6.45, 7) is 0. The molecule has 3 heteroatoms. The Hall–Kier alpha value is -0.700. The van der Waals surface area contributed by atoms with Crippen LogP contribution in [0.15, 0.2) is 0 Å². The predicted octanol–water partition coefficient (Wildman–Crippen LogP) is -0.0682. The average Bonchev–Trinajstić information content (AvgIpc) is 2.50. The van der Waals surface area contributed by atoms with Crippen molar-refractivity contribution in [1.82, 2.24) is 0 Å². The Balaban J connectivity index is 2.09. The molecule has 3 nitrogen and oxygen atoms in total. The van der Waals surface area contributed by atoms with Crippen LogP contribution in [0.1, 0.15) is 12.8 Å². The summed E-state index contributed by atoms with van der Waals surface area (Å²) in [5.74, 6) is 0. The topological polar surface area (TPSA) is 46.7 Å².